The van der Waals surface area contributed by atoms with E-state index >= 15 is 0 Å². The summed E-state index contributed by atoms with van der Waals surface area (Å²) < 4.78 is 33.1. The quantitative estimate of drug-likeness (QED) is 0.0257. The Hall–Kier alpha value is -0.800. The molecule has 0 aromatic heterocycles. The Morgan fingerprint density at radius 1 is 0.652 bits per heavy atom. The molecular weight excluding hydrogens is 607 g/mol. The standard InChI is InChI=1S/C36H71O9P/c1-3-5-7-9-11-13-14-15-16-17-18-19-20-21-23-25-27-29-42-32-35(33-44-46(40,41)43-31-34(38)30-37)45-36(39)28-26-24-22-12-10-8-6-4-2/h16-17,34-35,37-38H,3-15,18-33H2,1-2H3,(H,40,41)/b17-16-. The number of carbonyl (C=O) groups excluding carboxylic acids is 1. The molecule has 274 valence electrons. The smallest absolute Gasteiger partial charge is 0.457 e. The largest absolute Gasteiger partial charge is 0.472 e. The lowest BCUT2D eigenvalue weighted by Crippen LogP contribution is -2.29. The zero-order valence-corrected chi connectivity index (χ0v) is 30.4. The Balaban J connectivity index is 4.15. The van der Waals surface area contributed by atoms with E-state index in [-0.39, 0.29) is 25.6 Å². The summed E-state index contributed by atoms with van der Waals surface area (Å²) in [6, 6.07) is 0. The van der Waals surface area contributed by atoms with Crippen molar-refractivity contribution >= 4 is 13.8 Å². The SMILES string of the molecule is CCCCCCCCC/C=C\CCCCCCCCOCC(COP(=O)(O)OCC(O)CO)OC(=O)CCCCCCCCCC. The second-order valence-electron chi connectivity index (χ2n) is 12.6. The van der Waals surface area contributed by atoms with Gasteiger partial charge in [0.15, 0.2) is 0 Å². The maximum Gasteiger partial charge on any atom is 0.472 e. The minimum atomic E-state index is -4.50. The first-order valence-electron chi connectivity index (χ1n) is 18.7. The Morgan fingerprint density at radius 3 is 1.63 bits per heavy atom. The molecule has 0 amide bonds. The van der Waals surface area contributed by atoms with Crippen molar-refractivity contribution in [1.82, 2.24) is 0 Å². The number of carbonyl (C=O) groups is 1. The van der Waals surface area contributed by atoms with E-state index in [0.29, 0.717) is 6.61 Å². The number of aliphatic hydroxyl groups is 2. The highest BCUT2D eigenvalue weighted by Gasteiger charge is 2.26. The van der Waals surface area contributed by atoms with Gasteiger partial charge in [-0.25, -0.2) is 4.57 Å². The van der Waals surface area contributed by atoms with Crippen LogP contribution in [0.3, 0.4) is 0 Å². The summed E-state index contributed by atoms with van der Waals surface area (Å²) in [6.45, 7) is 3.47. The predicted molar refractivity (Wildman–Crippen MR) is 187 cm³/mol. The maximum atomic E-state index is 12.4. The third-order valence-corrected chi connectivity index (χ3v) is 8.90. The first-order valence-corrected chi connectivity index (χ1v) is 20.2. The highest BCUT2D eigenvalue weighted by Crippen LogP contribution is 2.43. The molecule has 0 heterocycles. The summed E-state index contributed by atoms with van der Waals surface area (Å²) in [5, 5.41) is 18.2. The van der Waals surface area contributed by atoms with Crippen LogP contribution in [0.15, 0.2) is 12.2 Å². The molecule has 0 fully saturated rings. The predicted octanol–water partition coefficient (Wildman–Crippen LogP) is 9.36. The van der Waals surface area contributed by atoms with Gasteiger partial charge in [-0.3, -0.25) is 13.8 Å². The Morgan fingerprint density at radius 2 is 1.11 bits per heavy atom. The van der Waals surface area contributed by atoms with Gasteiger partial charge in [0, 0.05) is 13.0 Å². The molecule has 0 rings (SSSR count). The molecule has 3 atom stereocenters. The van der Waals surface area contributed by atoms with E-state index in [1.54, 1.807) is 0 Å². The lowest BCUT2D eigenvalue weighted by Gasteiger charge is -2.20. The van der Waals surface area contributed by atoms with E-state index in [0.717, 1.165) is 44.9 Å². The van der Waals surface area contributed by atoms with Crippen molar-refractivity contribution in [1.29, 1.82) is 0 Å². The number of phosphoric ester groups is 1. The van der Waals surface area contributed by atoms with E-state index < -0.39 is 33.2 Å². The summed E-state index contributed by atoms with van der Waals surface area (Å²) in [5.41, 5.74) is 0. The lowest BCUT2D eigenvalue weighted by molar-refractivity contribution is -0.154. The van der Waals surface area contributed by atoms with Gasteiger partial charge >= 0.3 is 13.8 Å². The number of hydrogen-bond acceptors (Lipinski definition) is 8. The number of allylic oxidation sites excluding steroid dienone is 2. The molecule has 9 nitrogen and oxygen atoms in total. The second-order valence-corrected chi connectivity index (χ2v) is 14.1. The highest BCUT2D eigenvalue weighted by molar-refractivity contribution is 7.47. The van der Waals surface area contributed by atoms with Crippen molar-refractivity contribution in [3.8, 4) is 0 Å². The Kier molecular flexibility index (Phi) is 33.5. The van der Waals surface area contributed by atoms with Crippen LogP contribution in [0.25, 0.3) is 0 Å². The molecule has 0 spiro atoms. The zero-order valence-electron chi connectivity index (χ0n) is 29.6. The van der Waals surface area contributed by atoms with Gasteiger partial charge in [-0.05, 0) is 38.5 Å². The van der Waals surface area contributed by atoms with Gasteiger partial charge in [0.2, 0.25) is 0 Å². The van der Waals surface area contributed by atoms with Crippen LogP contribution in [0.1, 0.15) is 168 Å². The molecule has 0 saturated carbocycles. The third-order valence-electron chi connectivity index (χ3n) is 7.95. The van der Waals surface area contributed by atoms with E-state index in [1.807, 2.05) is 0 Å². The van der Waals surface area contributed by atoms with Crippen LogP contribution in [0.4, 0.5) is 0 Å². The molecule has 3 unspecified atom stereocenters. The summed E-state index contributed by atoms with van der Waals surface area (Å²) in [6.07, 6.45) is 30.4. The molecule has 3 N–H and O–H groups in total. The normalized spacial score (nSPS) is 14.5. The van der Waals surface area contributed by atoms with Crippen molar-refractivity contribution in [2.24, 2.45) is 0 Å². The molecule has 0 saturated heterocycles. The number of phosphoric acid groups is 1. The van der Waals surface area contributed by atoms with Gasteiger partial charge in [0.25, 0.3) is 0 Å². The average Bonchev–Trinajstić information content (AvgIpc) is 3.04. The van der Waals surface area contributed by atoms with Crippen LogP contribution in [-0.4, -0.2) is 66.3 Å². The van der Waals surface area contributed by atoms with Crippen LogP contribution in [-0.2, 0) is 27.9 Å². The summed E-state index contributed by atoms with van der Waals surface area (Å²) in [7, 11) is -4.50. The fourth-order valence-corrected chi connectivity index (χ4v) is 5.84. The van der Waals surface area contributed by atoms with Crippen molar-refractivity contribution < 1.29 is 43.0 Å². The van der Waals surface area contributed by atoms with Gasteiger partial charge in [-0.15, -0.1) is 0 Å². The number of aliphatic hydroxyl groups excluding tert-OH is 2. The number of rotatable bonds is 36. The molecule has 0 radical (unpaired) electrons. The van der Waals surface area contributed by atoms with Gasteiger partial charge in [0.1, 0.15) is 12.2 Å². The third kappa shape index (κ3) is 33.1. The van der Waals surface area contributed by atoms with E-state index in [9.17, 15) is 19.4 Å². The minimum absolute atomic E-state index is 0.0492. The Bertz CT molecular complexity index is 734. The molecule has 46 heavy (non-hydrogen) atoms. The number of hydrogen-bond donors (Lipinski definition) is 3. The summed E-state index contributed by atoms with van der Waals surface area (Å²) >= 11 is 0. The molecule has 0 aromatic rings. The fraction of sp³-hybridized carbons (Fsp3) is 0.917. The van der Waals surface area contributed by atoms with Gasteiger partial charge in [0.05, 0.1) is 26.4 Å². The van der Waals surface area contributed by atoms with Crippen LogP contribution in [0, 0.1) is 0 Å². The zero-order chi connectivity index (χ0) is 34.0. The molecule has 0 aliphatic carbocycles. The van der Waals surface area contributed by atoms with Gasteiger partial charge < -0.3 is 24.6 Å². The highest BCUT2D eigenvalue weighted by atomic mass is 31.2. The average molecular weight is 679 g/mol. The van der Waals surface area contributed by atoms with E-state index in [4.69, 9.17) is 23.6 Å². The molecule has 0 aromatic carbocycles. The second kappa shape index (κ2) is 34.1. The van der Waals surface area contributed by atoms with Crippen molar-refractivity contribution in [2.45, 2.75) is 180 Å². The van der Waals surface area contributed by atoms with E-state index in [2.05, 4.69) is 26.0 Å². The molecule has 0 aliphatic rings. The molecule has 0 bridgehead atoms. The van der Waals surface area contributed by atoms with Gasteiger partial charge in [-0.2, -0.15) is 0 Å². The summed E-state index contributed by atoms with van der Waals surface area (Å²) in [5.74, 6) is -0.389. The maximum absolute atomic E-state index is 12.4. The Labute approximate surface area is 281 Å². The number of esters is 1. The molecular formula is C36H71O9P. The molecule has 0 aliphatic heterocycles. The van der Waals surface area contributed by atoms with Crippen molar-refractivity contribution in [3.05, 3.63) is 12.2 Å². The van der Waals surface area contributed by atoms with Crippen LogP contribution in [0.2, 0.25) is 0 Å². The summed E-state index contributed by atoms with van der Waals surface area (Å²) in [4.78, 5) is 22.3. The first-order chi connectivity index (χ1) is 22.3. The lowest BCUT2D eigenvalue weighted by atomic mass is 10.1. The van der Waals surface area contributed by atoms with Crippen LogP contribution in [0.5, 0.6) is 0 Å². The van der Waals surface area contributed by atoms with Crippen LogP contribution >= 0.6 is 7.82 Å². The first kappa shape index (κ1) is 45.2. The van der Waals surface area contributed by atoms with Gasteiger partial charge in [-0.1, -0.05) is 135 Å². The van der Waals surface area contributed by atoms with E-state index in [1.165, 1.54) is 103 Å². The molecule has 10 heteroatoms. The number of ether oxygens (including phenoxy) is 2. The monoisotopic (exact) mass is 678 g/mol. The van der Waals surface area contributed by atoms with Crippen molar-refractivity contribution in [2.75, 3.05) is 33.0 Å². The topological polar surface area (TPSA) is 132 Å². The fourth-order valence-electron chi connectivity index (χ4n) is 5.05. The van der Waals surface area contributed by atoms with Crippen molar-refractivity contribution in [3.63, 3.8) is 0 Å². The van der Waals surface area contributed by atoms with Crippen LogP contribution < -0.4 is 0 Å². The minimum Gasteiger partial charge on any atom is -0.457 e. The number of unbranched alkanes of at least 4 members (excludes halogenated alkanes) is 20.